The van der Waals surface area contributed by atoms with Gasteiger partial charge in [-0.3, -0.25) is 9.69 Å². The van der Waals surface area contributed by atoms with Crippen LogP contribution in [-0.4, -0.2) is 78.3 Å². The minimum absolute atomic E-state index is 0.159. The zero-order chi connectivity index (χ0) is 19.3. The van der Waals surface area contributed by atoms with Gasteiger partial charge in [0, 0.05) is 39.3 Å². The number of pyridine rings is 1. The Morgan fingerprint density at radius 1 is 0.964 bits per heavy atom. The lowest BCUT2D eigenvalue weighted by atomic mass is 10.0. The topological polar surface area (TPSA) is 69.1 Å². The molecule has 1 amide bonds. The molecule has 1 aromatic carbocycles. The van der Waals surface area contributed by atoms with E-state index in [1.807, 2.05) is 41.3 Å². The van der Waals surface area contributed by atoms with Crippen molar-refractivity contribution < 1.29 is 14.6 Å². The third-order valence-corrected chi connectivity index (χ3v) is 5.41. The van der Waals surface area contributed by atoms with Crippen molar-refractivity contribution in [2.45, 2.75) is 6.04 Å². The molecule has 1 atom stereocenters. The number of aromatic nitrogens is 1. The first-order valence-electron chi connectivity index (χ1n) is 9.78. The fourth-order valence-electron chi connectivity index (χ4n) is 3.87. The summed E-state index contributed by atoms with van der Waals surface area (Å²) < 4.78 is 5.48. The maximum Gasteiger partial charge on any atom is 0.244 e. The summed E-state index contributed by atoms with van der Waals surface area (Å²) in [6.45, 7) is 5.64. The fraction of sp³-hybridized carbons (Fsp3) is 0.429. The molecule has 4 rings (SSSR count). The van der Waals surface area contributed by atoms with Crippen LogP contribution in [0.5, 0.6) is 5.75 Å². The molecule has 7 heteroatoms. The van der Waals surface area contributed by atoms with E-state index in [0.717, 1.165) is 37.6 Å². The van der Waals surface area contributed by atoms with Crippen LogP contribution in [0.15, 0.2) is 48.7 Å². The van der Waals surface area contributed by atoms with Gasteiger partial charge in [0.05, 0.1) is 19.4 Å². The van der Waals surface area contributed by atoms with E-state index in [1.165, 1.54) is 6.20 Å². The highest BCUT2D eigenvalue weighted by atomic mass is 16.5. The van der Waals surface area contributed by atoms with Gasteiger partial charge in [0.15, 0.2) is 0 Å². The van der Waals surface area contributed by atoms with Crippen LogP contribution in [0.1, 0.15) is 11.6 Å². The van der Waals surface area contributed by atoms with Crippen LogP contribution >= 0.6 is 0 Å². The van der Waals surface area contributed by atoms with Gasteiger partial charge in [-0.15, -0.1) is 0 Å². The molecule has 1 aromatic heterocycles. The summed E-state index contributed by atoms with van der Waals surface area (Å²) in [5.74, 6) is 1.15. The van der Waals surface area contributed by atoms with Crippen LogP contribution in [0.4, 0.5) is 5.82 Å². The number of piperazine rings is 1. The quantitative estimate of drug-likeness (QED) is 0.865. The van der Waals surface area contributed by atoms with Crippen molar-refractivity contribution in [2.75, 3.05) is 57.4 Å². The Bertz CT molecular complexity index is 770. The molecule has 0 spiro atoms. The second-order valence-electron chi connectivity index (χ2n) is 7.15. The third kappa shape index (κ3) is 4.10. The van der Waals surface area contributed by atoms with Crippen LogP contribution in [0.25, 0.3) is 0 Å². The fourth-order valence-corrected chi connectivity index (χ4v) is 3.87. The van der Waals surface area contributed by atoms with Gasteiger partial charge in [-0.2, -0.15) is 0 Å². The smallest absolute Gasteiger partial charge is 0.244 e. The molecule has 0 radical (unpaired) electrons. The molecule has 7 nitrogen and oxygen atoms in total. The zero-order valence-corrected chi connectivity index (χ0v) is 15.9. The standard InChI is InChI=1S/C21H26N4O3/c26-18-6-7-19(22-16-18)23-8-10-25(11-9-23)21(27)20(17-4-2-1-3-5-17)24-12-14-28-15-13-24/h1-7,16,20,26H,8-15H2. The van der Waals surface area contributed by atoms with Gasteiger partial charge in [-0.25, -0.2) is 4.98 Å². The molecule has 1 N–H and O–H groups in total. The number of hydrogen-bond donors (Lipinski definition) is 1. The Kier molecular flexibility index (Phi) is 5.73. The predicted octanol–water partition coefficient (Wildman–Crippen LogP) is 1.51. The van der Waals surface area contributed by atoms with Crippen molar-refractivity contribution in [3.05, 3.63) is 54.2 Å². The SMILES string of the molecule is O=C(C(c1ccccc1)N1CCOCC1)N1CCN(c2ccc(O)cn2)CC1. The van der Waals surface area contributed by atoms with Gasteiger partial charge < -0.3 is 19.6 Å². The number of rotatable bonds is 4. The van der Waals surface area contributed by atoms with E-state index in [-0.39, 0.29) is 17.7 Å². The van der Waals surface area contributed by atoms with Crippen LogP contribution in [0.2, 0.25) is 0 Å². The number of morpholine rings is 1. The number of anilines is 1. The van der Waals surface area contributed by atoms with Crippen molar-refractivity contribution in [3.8, 4) is 5.75 Å². The van der Waals surface area contributed by atoms with Crippen molar-refractivity contribution in [2.24, 2.45) is 0 Å². The molecule has 148 valence electrons. The van der Waals surface area contributed by atoms with E-state index in [4.69, 9.17) is 4.74 Å². The van der Waals surface area contributed by atoms with Gasteiger partial charge in [-0.1, -0.05) is 30.3 Å². The molecule has 28 heavy (non-hydrogen) atoms. The molecule has 2 aliphatic heterocycles. The molecule has 2 fully saturated rings. The normalized spacial score (nSPS) is 19.4. The Labute approximate surface area is 165 Å². The summed E-state index contributed by atoms with van der Waals surface area (Å²) in [7, 11) is 0. The number of hydrogen-bond acceptors (Lipinski definition) is 6. The third-order valence-electron chi connectivity index (χ3n) is 5.41. The van der Waals surface area contributed by atoms with E-state index >= 15 is 0 Å². The Morgan fingerprint density at radius 2 is 1.68 bits per heavy atom. The monoisotopic (exact) mass is 382 g/mol. The average molecular weight is 382 g/mol. The number of carbonyl (C=O) groups excluding carboxylic acids is 1. The maximum absolute atomic E-state index is 13.5. The second kappa shape index (κ2) is 8.58. The number of nitrogens with zero attached hydrogens (tertiary/aromatic N) is 4. The number of carbonyl (C=O) groups is 1. The minimum atomic E-state index is -0.261. The van der Waals surface area contributed by atoms with Gasteiger partial charge in [-0.05, 0) is 17.7 Å². The summed E-state index contributed by atoms with van der Waals surface area (Å²) in [5.41, 5.74) is 1.04. The van der Waals surface area contributed by atoms with Crippen LogP contribution in [-0.2, 0) is 9.53 Å². The van der Waals surface area contributed by atoms with E-state index in [9.17, 15) is 9.90 Å². The molecule has 1 unspecified atom stereocenters. The largest absolute Gasteiger partial charge is 0.506 e. The molecule has 3 heterocycles. The lowest BCUT2D eigenvalue weighted by Gasteiger charge is -2.40. The van der Waals surface area contributed by atoms with Crippen LogP contribution in [0, 0.1) is 0 Å². The van der Waals surface area contributed by atoms with Crippen LogP contribution < -0.4 is 4.90 Å². The zero-order valence-electron chi connectivity index (χ0n) is 15.9. The van der Waals surface area contributed by atoms with Gasteiger partial charge in [0.25, 0.3) is 0 Å². The van der Waals surface area contributed by atoms with Crippen molar-refractivity contribution in [1.29, 1.82) is 0 Å². The highest BCUT2D eigenvalue weighted by molar-refractivity contribution is 5.83. The Hall–Kier alpha value is -2.64. The molecule has 2 saturated heterocycles. The first-order valence-corrected chi connectivity index (χ1v) is 9.78. The maximum atomic E-state index is 13.5. The van der Waals surface area contributed by atoms with E-state index in [1.54, 1.807) is 6.07 Å². The molecule has 2 aliphatic rings. The molecular formula is C21H26N4O3. The van der Waals surface area contributed by atoms with Gasteiger partial charge >= 0.3 is 0 Å². The molecule has 0 aliphatic carbocycles. The van der Waals surface area contributed by atoms with Crippen molar-refractivity contribution in [1.82, 2.24) is 14.8 Å². The molecule has 0 bridgehead atoms. The first kappa shape index (κ1) is 18.7. The molecular weight excluding hydrogens is 356 g/mol. The summed E-state index contributed by atoms with van der Waals surface area (Å²) in [6.07, 6.45) is 1.46. The average Bonchev–Trinajstić information content (AvgIpc) is 2.76. The van der Waals surface area contributed by atoms with Gasteiger partial charge in [0.1, 0.15) is 17.6 Å². The number of amides is 1. The Morgan fingerprint density at radius 3 is 2.32 bits per heavy atom. The number of ether oxygens (including phenoxy) is 1. The first-order chi connectivity index (χ1) is 13.7. The van der Waals surface area contributed by atoms with Crippen LogP contribution in [0.3, 0.4) is 0 Å². The van der Waals surface area contributed by atoms with Crippen molar-refractivity contribution in [3.63, 3.8) is 0 Å². The van der Waals surface area contributed by atoms with E-state index in [2.05, 4.69) is 14.8 Å². The second-order valence-corrected chi connectivity index (χ2v) is 7.15. The lowest BCUT2D eigenvalue weighted by Crippen LogP contribution is -2.53. The molecule has 2 aromatic rings. The predicted molar refractivity (Wildman–Crippen MR) is 106 cm³/mol. The van der Waals surface area contributed by atoms with E-state index in [0.29, 0.717) is 26.3 Å². The minimum Gasteiger partial charge on any atom is -0.506 e. The van der Waals surface area contributed by atoms with E-state index < -0.39 is 0 Å². The lowest BCUT2D eigenvalue weighted by molar-refractivity contribution is -0.139. The highest BCUT2D eigenvalue weighted by Gasteiger charge is 2.33. The summed E-state index contributed by atoms with van der Waals surface area (Å²) in [5, 5.41) is 9.42. The highest BCUT2D eigenvalue weighted by Crippen LogP contribution is 2.25. The van der Waals surface area contributed by atoms with Crippen molar-refractivity contribution >= 4 is 11.7 Å². The summed E-state index contributed by atoms with van der Waals surface area (Å²) >= 11 is 0. The summed E-state index contributed by atoms with van der Waals surface area (Å²) in [4.78, 5) is 24.1. The van der Waals surface area contributed by atoms with Gasteiger partial charge in [0.2, 0.25) is 5.91 Å². The number of aromatic hydroxyl groups is 1. The molecule has 0 saturated carbocycles. The Balaban J connectivity index is 1.46. The summed E-state index contributed by atoms with van der Waals surface area (Å²) in [6, 6.07) is 13.2. The number of benzene rings is 1.